The van der Waals surface area contributed by atoms with Crippen molar-refractivity contribution in [2.75, 3.05) is 4.90 Å². The van der Waals surface area contributed by atoms with E-state index < -0.39 is 0 Å². The van der Waals surface area contributed by atoms with Crippen molar-refractivity contribution >= 4 is 17.1 Å². The van der Waals surface area contributed by atoms with E-state index in [1.807, 2.05) is 0 Å². The van der Waals surface area contributed by atoms with Gasteiger partial charge in [-0.15, -0.1) is 0 Å². The number of nitrogens with zero attached hydrogens (tertiary/aromatic N) is 1. The van der Waals surface area contributed by atoms with Gasteiger partial charge in [-0.05, 0) is 161 Å². The third-order valence-electron chi connectivity index (χ3n) is 15.2. The van der Waals surface area contributed by atoms with E-state index in [4.69, 9.17) is 0 Å². The minimum atomic E-state index is 0.117. The predicted molar refractivity (Wildman–Crippen MR) is 219 cm³/mol. The Labute approximate surface area is 314 Å². The molecule has 2 spiro atoms. The van der Waals surface area contributed by atoms with Gasteiger partial charge in [-0.25, -0.2) is 0 Å². The van der Waals surface area contributed by atoms with Crippen LogP contribution in [-0.4, -0.2) is 0 Å². The molecule has 0 N–H and O–H groups in total. The summed E-state index contributed by atoms with van der Waals surface area (Å²) in [6.45, 7) is 0. The van der Waals surface area contributed by atoms with Crippen molar-refractivity contribution in [1.82, 2.24) is 0 Å². The highest BCUT2D eigenvalue weighted by Gasteiger charge is 2.61. The Morgan fingerprint density at radius 2 is 0.943 bits per heavy atom. The monoisotopic (exact) mass is 685 g/mol. The van der Waals surface area contributed by atoms with Crippen molar-refractivity contribution in [2.24, 2.45) is 23.7 Å². The summed E-state index contributed by atoms with van der Waals surface area (Å²) in [4.78, 5) is 2.57. The van der Waals surface area contributed by atoms with Gasteiger partial charge in [0.05, 0.1) is 0 Å². The number of anilines is 3. The first-order valence-electron chi connectivity index (χ1n) is 20.7. The van der Waals surface area contributed by atoms with Gasteiger partial charge in [0.15, 0.2) is 0 Å². The van der Waals surface area contributed by atoms with Gasteiger partial charge >= 0.3 is 0 Å². The molecule has 0 aliphatic heterocycles. The van der Waals surface area contributed by atoms with Crippen molar-refractivity contribution in [3.63, 3.8) is 0 Å². The Morgan fingerprint density at radius 3 is 1.68 bits per heavy atom. The largest absolute Gasteiger partial charge is 0.310 e. The molecule has 0 saturated heterocycles. The molecule has 260 valence electrons. The van der Waals surface area contributed by atoms with E-state index in [2.05, 4.69) is 144 Å². The van der Waals surface area contributed by atoms with E-state index in [1.54, 1.807) is 22.3 Å². The maximum absolute atomic E-state index is 2.59. The Morgan fingerprint density at radius 1 is 0.396 bits per heavy atom. The van der Waals surface area contributed by atoms with Gasteiger partial charge in [0.1, 0.15) is 0 Å². The molecule has 5 saturated carbocycles. The maximum Gasteiger partial charge on any atom is 0.0468 e. The first kappa shape index (κ1) is 30.6. The lowest BCUT2D eigenvalue weighted by molar-refractivity contribution is -0.0399. The predicted octanol–water partition coefficient (Wildman–Crippen LogP) is 13.8. The SMILES string of the molecule is c1ccc(-c2ccc(N(c3ccc4c(c3)-c3ccccc3C43C4CC5CC(C4)CC3C5)c3ccc4c(c3)C3(CCCCC3)c3ccccc3-4)cc2)cc1. The number of hydrogen-bond acceptors (Lipinski definition) is 1. The van der Waals surface area contributed by atoms with Crippen molar-refractivity contribution in [2.45, 2.75) is 75.0 Å². The zero-order chi connectivity index (χ0) is 34.7. The quantitative estimate of drug-likeness (QED) is 0.179. The summed E-state index contributed by atoms with van der Waals surface area (Å²) in [6, 6.07) is 54.1. The Hall–Kier alpha value is -4.88. The molecule has 4 bridgehead atoms. The van der Waals surface area contributed by atoms with Crippen LogP contribution in [0.15, 0.2) is 140 Å². The lowest BCUT2D eigenvalue weighted by Crippen LogP contribution is -2.55. The van der Waals surface area contributed by atoms with Crippen LogP contribution in [-0.2, 0) is 10.8 Å². The molecular formula is C52H47N. The van der Waals surface area contributed by atoms with E-state index in [1.165, 1.54) is 115 Å². The Bertz CT molecular complexity index is 2370. The van der Waals surface area contributed by atoms with Crippen molar-refractivity contribution in [3.8, 4) is 33.4 Å². The zero-order valence-electron chi connectivity index (χ0n) is 30.6. The molecule has 5 fully saturated rings. The second kappa shape index (κ2) is 11.3. The highest BCUT2D eigenvalue weighted by Crippen LogP contribution is 2.69. The number of hydrogen-bond donors (Lipinski definition) is 0. The summed E-state index contributed by atoms with van der Waals surface area (Å²) in [5.41, 5.74) is 18.8. The number of fused-ring (bicyclic) bond motifs is 8. The molecule has 0 atom stereocenters. The minimum absolute atomic E-state index is 0.117. The third-order valence-corrected chi connectivity index (χ3v) is 15.2. The molecule has 0 aromatic heterocycles. The Balaban J connectivity index is 1.04. The van der Waals surface area contributed by atoms with Crippen LogP contribution in [0.2, 0.25) is 0 Å². The van der Waals surface area contributed by atoms with Gasteiger partial charge in [-0.2, -0.15) is 0 Å². The summed E-state index contributed by atoms with van der Waals surface area (Å²) < 4.78 is 0. The molecule has 13 rings (SSSR count). The van der Waals surface area contributed by atoms with Crippen molar-refractivity contribution < 1.29 is 0 Å². The second-order valence-electron chi connectivity index (χ2n) is 17.6. The molecule has 53 heavy (non-hydrogen) atoms. The van der Waals surface area contributed by atoms with Crippen molar-refractivity contribution in [1.29, 1.82) is 0 Å². The highest BCUT2D eigenvalue weighted by atomic mass is 15.1. The van der Waals surface area contributed by atoms with Gasteiger partial charge in [-0.3, -0.25) is 0 Å². The lowest BCUT2D eigenvalue weighted by Gasteiger charge is -2.61. The van der Waals surface area contributed by atoms with Crippen LogP contribution in [0.1, 0.15) is 86.5 Å². The van der Waals surface area contributed by atoms with Crippen LogP contribution in [0.3, 0.4) is 0 Å². The standard InChI is InChI=1S/C52H47N/c1-3-11-36(12-4-1)37-17-19-40(20-18-37)53(42-21-23-45-43-13-5-7-15-47(43)51(50(45)33-42)25-9-2-10-26-51)41-22-24-49-46(32-41)44-14-6-8-16-48(44)52(49)38-28-34-27-35(30-38)31-39(52)29-34/h1,3-8,11-24,32-35,38-39H,2,9-10,25-31H2. The second-order valence-corrected chi connectivity index (χ2v) is 17.6. The van der Waals surface area contributed by atoms with Crippen LogP contribution >= 0.6 is 0 Å². The van der Waals surface area contributed by atoms with Crippen LogP contribution in [0.4, 0.5) is 17.1 Å². The molecule has 1 nitrogen and oxygen atoms in total. The van der Waals surface area contributed by atoms with E-state index in [0.29, 0.717) is 0 Å². The average Bonchev–Trinajstić information content (AvgIpc) is 3.65. The van der Waals surface area contributed by atoms with Crippen molar-refractivity contribution in [3.05, 3.63) is 162 Å². The average molecular weight is 686 g/mol. The normalized spacial score (nSPS) is 26.3. The van der Waals surface area contributed by atoms with Crippen LogP contribution < -0.4 is 4.90 Å². The van der Waals surface area contributed by atoms with Gasteiger partial charge < -0.3 is 4.90 Å². The zero-order valence-corrected chi connectivity index (χ0v) is 30.6. The van der Waals surface area contributed by atoms with Crippen LogP contribution in [0.25, 0.3) is 33.4 Å². The molecule has 7 aliphatic carbocycles. The van der Waals surface area contributed by atoms with Gasteiger partial charge in [-0.1, -0.05) is 122 Å². The summed E-state index contributed by atoms with van der Waals surface area (Å²) in [7, 11) is 0. The molecule has 0 radical (unpaired) electrons. The van der Waals surface area contributed by atoms with Gasteiger partial charge in [0.25, 0.3) is 0 Å². The number of rotatable bonds is 4. The van der Waals surface area contributed by atoms with E-state index in [0.717, 1.165) is 23.7 Å². The molecule has 1 heteroatoms. The molecule has 6 aromatic rings. The van der Waals surface area contributed by atoms with Gasteiger partial charge in [0.2, 0.25) is 0 Å². The molecule has 6 aromatic carbocycles. The van der Waals surface area contributed by atoms with E-state index in [9.17, 15) is 0 Å². The molecule has 7 aliphatic rings. The Kier molecular flexibility index (Phi) is 6.53. The molecular weight excluding hydrogens is 639 g/mol. The molecule has 0 amide bonds. The van der Waals surface area contributed by atoms with E-state index in [-0.39, 0.29) is 10.8 Å². The van der Waals surface area contributed by atoms with Crippen LogP contribution in [0, 0.1) is 23.7 Å². The molecule has 0 heterocycles. The topological polar surface area (TPSA) is 3.24 Å². The fourth-order valence-corrected chi connectivity index (χ4v) is 13.4. The smallest absolute Gasteiger partial charge is 0.0468 e. The first-order valence-corrected chi connectivity index (χ1v) is 20.7. The van der Waals surface area contributed by atoms with Gasteiger partial charge in [0, 0.05) is 27.9 Å². The summed E-state index contributed by atoms with van der Waals surface area (Å²) in [5.74, 6) is 3.45. The summed E-state index contributed by atoms with van der Waals surface area (Å²) in [5, 5.41) is 0. The fourth-order valence-electron chi connectivity index (χ4n) is 13.4. The third kappa shape index (κ3) is 4.20. The minimum Gasteiger partial charge on any atom is -0.310 e. The first-order chi connectivity index (χ1) is 26.2. The fraction of sp³-hybridized carbons (Fsp3) is 0.308. The van der Waals surface area contributed by atoms with E-state index >= 15 is 0 Å². The molecule has 0 unspecified atom stereocenters. The maximum atomic E-state index is 2.59. The summed E-state index contributed by atoms with van der Waals surface area (Å²) >= 11 is 0. The number of benzene rings is 6. The van der Waals surface area contributed by atoms with Crippen LogP contribution in [0.5, 0.6) is 0 Å². The lowest BCUT2D eigenvalue weighted by atomic mass is 9.43. The summed E-state index contributed by atoms with van der Waals surface area (Å²) in [6.07, 6.45) is 13.6. The highest BCUT2D eigenvalue weighted by molar-refractivity contribution is 5.90.